The zero-order chi connectivity index (χ0) is 24.4. The molecule has 174 valence electrons. The van der Waals surface area contributed by atoms with Gasteiger partial charge in [-0.1, -0.05) is 25.4 Å². The van der Waals surface area contributed by atoms with Crippen LogP contribution in [0, 0.1) is 23.0 Å². The van der Waals surface area contributed by atoms with Crippen molar-refractivity contribution in [1.82, 2.24) is 9.78 Å². The summed E-state index contributed by atoms with van der Waals surface area (Å²) in [6.07, 6.45) is -6.47. The van der Waals surface area contributed by atoms with E-state index in [1.54, 1.807) is 0 Å². The van der Waals surface area contributed by atoms with Crippen LogP contribution >= 0.6 is 11.6 Å². The molecule has 9 nitrogen and oxygen atoms in total. The molecule has 0 aliphatic rings. The lowest BCUT2D eigenvalue weighted by Crippen LogP contribution is -2.31. The zero-order valence-electron chi connectivity index (χ0n) is 17.5. The molecule has 0 aliphatic carbocycles. The summed E-state index contributed by atoms with van der Waals surface area (Å²) in [7, 11) is 0. The minimum Gasteiger partial charge on any atom is -0.449 e. The fraction of sp³-hybridized carbons (Fsp3) is 0.421. The van der Waals surface area contributed by atoms with Gasteiger partial charge in [-0.25, -0.2) is 4.79 Å². The normalized spacial score (nSPS) is 12.5. The highest BCUT2D eigenvalue weighted by Crippen LogP contribution is 2.37. The number of nitro benzene ring substituents is 1. The third kappa shape index (κ3) is 5.75. The Morgan fingerprint density at radius 2 is 1.94 bits per heavy atom. The van der Waals surface area contributed by atoms with Crippen molar-refractivity contribution in [2.75, 3.05) is 5.32 Å². The monoisotopic (exact) mass is 476 g/mol. The van der Waals surface area contributed by atoms with Gasteiger partial charge in [0.15, 0.2) is 6.10 Å². The van der Waals surface area contributed by atoms with Crippen molar-refractivity contribution < 1.29 is 32.4 Å². The van der Waals surface area contributed by atoms with Gasteiger partial charge < -0.3 is 10.1 Å². The SMILES string of the molecule is Cc1nn(CC(C)C)c(Cl)c1C(=O)OC(C)C(=O)Nc1ccc([N+](=O)[O-])cc1C(F)(F)F. The number of esters is 1. The molecule has 1 atom stereocenters. The molecule has 0 aliphatic heterocycles. The van der Waals surface area contributed by atoms with E-state index in [1.807, 2.05) is 19.2 Å². The van der Waals surface area contributed by atoms with Crippen LogP contribution in [-0.2, 0) is 22.3 Å². The van der Waals surface area contributed by atoms with Gasteiger partial charge in [-0.2, -0.15) is 18.3 Å². The van der Waals surface area contributed by atoms with E-state index in [0.29, 0.717) is 12.6 Å². The van der Waals surface area contributed by atoms with Crippen molar-refractivity contribution in [3.05, 3.63) is 50.3 Å². The lowest BCUT2D eigenvalue weighted by Gasteiger charge is -2.17. The molecule has 0 fully saturated rings. The first-order valence-corrected chi connectivity index (χ1v) is 9.70. The summed E-state index contributed by atoms with van der Waals surface area (Å²) in [5.41, 5.74) is -2.71. The van der Waals surface area contributed by atoms with Crippen molar-refractivity contribution >= 4 is 34.9 Å². The lowest BCUT2D eigenvalue weighted by atomic mass is 10.1. The number of carbonyl (C=O) groups is 2. The molecule has 13 heteroatoms. The van der Waals surface area contributed by atoms with Crippen molar-refractivity contribution in [3.8, 4) is 0 Å². The number of rotatable bonds is 7. The van der Waals surface area contributed by atoms with Gasteiger partial charge >= 0.3 is 12.1 Å². The maximum absolute atomic E-state index is 13.3. The second kappa shape index (κ2) is 9.55. The Morgan fingerprint density at radius 3 is 2.47 bits per heavy atom. The van der Waals surface area contributed by atoms with Crippen LogP contribution in [0.3, 0.4) is 0 Å². The first kappa shape index (κ1) is 25.1. The number of anilines is 1. The van der Waals surface area contributed by atoms with Crippen LogP contribution in [0.1, 0.15) is 42.4 Å². The van der Waals surface area contributed by atoms with Gasteiger partial charge in [0.05, 0.1) is 21.9 Å². The third-order valence-corrected chi connectivity index (χ3v) is 4.62. The molecule has 1 heterocycles. The van der Waals surface area contributed by atoms with E-state index in [9.17, 15) is 32.9 Å². The molecule has 0 saturated heterocycles. The molecule has 1 amide bonds. The summed E-state index contributed by atoms with van der Waals surface area (Å²) in [4.78, 5) is 34.6. The number of ether oxygens (including phenoxy) is 1. The lowest BCUT2D eigenvalue weighted by molar-refractivity contribution is -0.385. The summed E-state index contributed by atoms with van der Waals surface area (Å²) >= 11 is 6.19. The molecule has 1 aromatic heterocycles. The Balaban J connectivity index is 2.20. The number of hydrogen-bond donors (Lipinski definition) is 1. The fourth-order valence-electron chi connectivity index (χ4n) is 2.75. The van der Waals surface area contributed by atoms with E-state index in [-0.39, 0.29) is 22.3 Å². The molecule has 2 aromatic rings. The predicted molar refractivity (Wildman–Crippen MR) is 108 cm³/mol. The number of alkyl halides is 3. The van der Waals surface area contributed by atoms with Crippen LogP contribution in [0.5, 0.6) is 0 Å². The van der Waals surface area contributed by atoms with Crippen molar-refractivity contribution in [1.29, 1.82) is 0 Å². The van der Waals surface area contributed by atoms with Crippen molar-refractivity contribution in [3.63, 3.8) is 0 Å². The molecule has 1 unspecified atom stereocenters. The Hall–Kier alpha value is -3.15. The van der Waals surface area contributed by atoms with Crippen LogP contribution in [0.2, 0.25) is 5.15 Å². The van der Waals surface area contributed by atoms with E-state index in [4.69, 9.17) is 16.3 Å². The Bertz CT molecular complexity index is 1050. The summed E-state index contributed by atoms with van der Waals surface area (Å²) in [5.74, 6) is -1.85. The van der Waals surface area contributed by atoms with E-state index >= 15 is 0 Å². The number of aromatic nitrogens is 2. The molecule has 1 N–H and O–H groups in total. The quantitative estimate of drug-likeness (QED) is 0.354. The summed E-state index contributed by atoms with van der Waals surface area (Å²) in [6.45, 7) is 6.96. The molecular formula is C19H20ClF3N4O5. The van der Waals surface area contributed by atoms with E-state index in [0.717, 1.165) is 19.1 Å². The van der Waals surface area contributed by atoms with Gasteiger partial charge in [0.2, 0.25) is 0 Å². The number of nitro groups is 1. The van der Waals surface area contributed by atoms with Gasteiger partial charge in [0, 0.05) is 18.7 Å². The molecule has 32 heavy (non-hydrogen) atoms. The standard InChI is InChI=1S/C19H20ClF3N4O5/c1-9(2)8-26-16(20)15(10(3)25-26)18(29)32-11(4)17(28)24-14-6-5-12(27(30)31)7-13(14)19(21,22)23/h5-7,9,11H,8H2,1-4H3,(H,24,28). The van der Waals surface area contributed by atoms with Crippen molar-refractivity contribution in [2.45, 2.75) is 46.5 Å². The largest absolute Gasteiger partial charge is 0.449 e. The first-order chi connectivity index (χ1) is 14.7. The summed E-state index contributed by atoms with van der Waals surface area (Å²) in [5, 5.41) is 16.9. The number of nitrogens with one attached hydrogen (secondary N) is 1. The summed E-state index contributed by atoms with van der Waals surface area (Å²) in [6, 6.07) is 1.87. The van der Waals surface area contributed by atoms with Gasteiger partial charge in [-0.3, -0.25) is 19.6 Å². The topological polar surface area (TPSA) is 116 Å². The van der Waals surface area contributed by atoms with Crippen molar-refractivity contribution in [2.24, 2.45) is 5.92 Å². The highest BCUT2D eigenvalue weighted by molar-refractivity contribution is 6.32. The number of halogens is 4. The van der Waals surface area contributed by atoms with Crippen LogP contribution in [0.15, 0.2) is 18.2 Å². The number of carbonyl (C=O) groups excluding carboxylic acids is 2. The Kier molecular flexibility index (Phi) is 7.50. The number of nitrogens with zero attached hydrogens (tertiary/aromatic N) is 3. The first-order valence-electron chi connectivity index (χ1n) is 9.32. The predicted octanol–water partition coefficient (Wildman–Crippen LogP) is 4.61. The van der Waals surface area contributed by atoms with E-state index < -0.39 is 46.0 Å². The average molecular weight is 477 g/mol. The second-order valence-corrected chi connectivity index (χ2v) is 7.71. The number of hydrogen-bond acceptors (Lipinski definition) is 6. The molecule has 0 spiro atoms. The molecule has 1 aromatic carbocycles. The number of benzene rings is 1. The third-order valence-electron chi connectivity index (χ3n) is 4.24. The smallest absolute Gasteiger partial charge is 0.418 e. The summed E-state index contributed by atoms with van der Waals surface area (Å²) < 4.78 is 46.3. The van der Waals surface area contributed by atoms with Gasteiger partial charge in [0.25, 0.3) is 11.6 Å². The second-order valence-electron chi connectivity index (χ2n) is 7.35. The van der Waals surface area contributed by atoms with Crippen LogP contribution in [0.25, 0.3) is 0 Å². The highest BCUT2D eigenvalue weighted by Gasteiger charge is 2.36. The van der Waals surface area contributed by atoms with Gasteiger partial charge in [-0.15, -0.1) is 0 Å². The Labute approximate surface area is 185 Å². The molecule has 0 radical (unpaired) electrons. The minimum absolute atomic E-state index is 0.0172. The van der Waals surface area contributed by atoms with E-state index in [2.05, 4.69) is 5.10 Å². The minimum atomic E-state index is -4.97. The maximum Gasteiger partial charge on any atom is 0.418 e. The van der Waals surface area contributed by atoms with E-state index in [1.165, 1.54) is 11.6 Å². The van der Waals surface area contributed by atoms with Gasteiger partial charge in [-0.05, 0) is 25.8 Å². The molecular weight excluding hydrogens is 457 g/mol. The zero-order valence-corrected chi connectivity index (χ0v) is 18.2. The fourth-order valence-corrected chi connectivity index (χ4v) is 3.07. The number of non-ortho nitro benzene ring substituents is 1. The molecule has 0 saturated carbocycles. The molecule has 0 bridgehead atoms. The average Bonchev–Trinajstić information content (AvgIpc) is 2.93. The maximum atomic E-state index is 13.3. The van der Waals surface area contributed by atoms with Crippen LogP contribution in [-0.4, -0.2) is 32.7 Å². The van der Waals surface area contributed by atoms with Crippen LogP contribution in [0.4, 0.5) is 24.5 Å². The number of aryl methyl sites for hydroxylation is 1. The van der Waals surface area contributed by atoms with Gasteiger partial charge in [0.1, 0.15) is 10.7 Å². The Morgan fingerprint density at radius 1 is 1.31 bits per heavy atom. The number of amides is 1. The highest BCUT2D eigenvalue weighted by atomic mass is 35.5. The van der Waals surface area contributed by atoms with Crippen LogP contribution < -0.4 is 5.32 Å². The molecule has 2 rings (SSSR count).